The van der Waals surface area contributed by atoms with Crippen molar-refractivity contribution in [3.8, 4) is 11.4 Å². The highest BCUT2D eigenvalue weighted by Gasteiger charge is 2.09. The second-order valence-corrected chi connectivity index (χ2v) is 4.54. The smallest absolute Gasteiger partial charge is 0.254 e. The summed E-state index contributed by atoms with van der Waals surface area (Å²) >= 11 is 1.62. The first-order chi connectivity index (χ1) is 7.63. The van der Waals surface area contributed by atoms with E-state index in [1.54, 1.807) is 11.3 Å². The SMILES string of the molecule is CCc1c(C)nc(-c2cscc2C)[nH]c1=O. The highest BCUT2D eigenvalue weighted by molar-refractivity contribution is 7.08. The molecule has 2 heterocycles. The van der Waals surface area contributed by atoms with Gasteiger partial charge in [-0.15, -0.1) is 0 Å². The zero-order valence-electron chi connectivity index (χ0n) is 9.63. The summed E-state index contributed by atoms with van der Waals surface area (Å²) in [6, 6.07) is 0. The van der Waals surface area contributed by atoms with Crippen molar-refractivity contribution in [2.24, 2.45) is 0 Å². The second kappa shape index (κ2) is 4.22. The third-order valence-electron chi connectivity index (χ3n) is 2.69. The largest absolute Gasteiger partial charge is 0.306 e. The highest BCUT2D eigenvalue weighted by atomic mass is 32.1. The zero-order chi connectivity index (χ0) is 11.7. The van der Waals surface area contributed by atoms with Gasteiger partial charge in [-0.05, 0) is 31.2 Å². The number of nitrogens with zero attached hydrogens (tertiary/aromatic N) is 1. The third-order valence-corrected chi connectivity index (χ3v) is 3.55. The van der Waals surface area contributed by atoms with Crippen LogP contribution in [0.1, 0.15) is 23.7 Å². The summed E-state index contributed by atoms with van der Waals surface area (Å²) in [5.74, 6) is 0.679. The van der Waals surface area contributed by atoms with Gasteiger partial charge in [0.25, 0.3) is 5.56 Å². The Balaban J connectivity index is 2.61. The number of nitrogens with one attached hydrogen (secondary N) is 1. The van der Waals surface area contributed by atoms with E-state index < -0.39 is 0 Å². The molecule has 0 aliphatic rings. The maximum atomic E-state index is 11.8. The fourth-order valence-corrected chi connectivity index (χ4v) is 2.59. The first kappa shape index (κ1) is 11.1. The number of thiophene rings is 1. The number of aromatic nitrogens is 2. The van der Waals surface area contributed by atoms with Crippen LogP contribution in [-0.2, 0) is 6.42 Å². The molecule has 2 rings (SSSR count). The minimum absolute atomic E-state index is 0.0180. The summed E-state index contributed by atoms with van der Waals surface area (Å²) in [6.45, 7) is 5.88. The molecule has 0 bridgehead atoms. The average molecular weight is 234 g/mol. The van der Waals surface area contributed by atoms with Crippen molar-refractivity contribution in [3.63, 3.8) is 0 Å². The first-order valence-corrected chi connectivity index (χ1v) is 6.20. The van der Waals surface area contributed by atoms with E-state index in [0.717, 1.165) is 28.8 Å². The monoisotopic (exact) mass is 234 g/mol. The Kier molecular flexibility index (Phi) is 2.92. The molecule has 16 heavy (non-hydrogen) atoms. The van der Waals surface area contributed by atoms with Gasteiger partial charge in [0.2, 0.25) is 0 Å². The van der Waals surface area contributed by atoms with Crippen molar-refractivity contribution in [1.82, 2.24) is 9.97 Å². The Bertz CT molecular complexity index is 569. The van der Waals surface area contributed by atoms with Crippen molar-refractivity contribution in [2.75, 3.05) is 0 Å². The quantitative estimate of drug-likeness (QED) is 0.868. The number of rotatable bonds is 2. The lowest BCUT2D eigenvalue weighted by Crippen LogP contribution is -2.16. The number of hydrogen-bond donors (Lipinski definition) is 1. The van der Waals surface area contributed by atoms with Crippen molar-refractivity contribution < 1.29 is 0 Å². The maximum absolute atomic E-state index is 11.8. The van der Waals surface area contributed by atoms with Gasteiger partial charge in [0, 0.05) is 22.2 Å². The van der Waals surface area contributed by atoms with Gasteiger partial charge in [0.1, 0.15) is 5.82 Å². The van der Waals surface area contributed by atoms with Gasteiger partial charge in [-0.2, -0.15) is 11.3 Å². The van der Waals surface area contributed by atoms with E-state index in [1.807, 2.05) is 26.2 Å². The lowest BCUT2D eigenvalue weighted by Gasteiger charge is -2.05. The lowest BCUT2D eigenvalue weighted by molar-refractivity contribution is 0.967. The number of aryl methyl sites for hydroxylation is 2. The van der Waals surface area contributed by atoms with Crippen LogP contribution in [0.3, 0.4) is 0 Å². The summed E-state index contributed by atoms with van der Waals surface area (Å²) in [7, 11) is 0. The summed E-state index contributed by atoms with van der Waals surface area (Å²) in [5.41, 5.74) is 3.75. The molecular formula is C12H14N2OS. The van der Waals surface area contributed by atoms with Crippen molar-refractivity contribution in [2.45, 2.75) is 27.2 Å². The fraction of sp³-hybridized carbons (Fsp3) is 0.333. The third kappa shape index (κ3) is 1.80. The normalized spacial score (nSPS) is 10.7. The summed E-state index contributed by atoms with van der Waals surface area (Å²) < 4.78 is 0. The molecule has 4 heteroatoms. The molecule has 0 amide bonds. The van der Waals surface area contributed by atoms with Gasteiger partial charge < -0.3 is 4.98 Å². The van der Waals surface area contributed by atoms with Crippen LogP contribution in [0.5, 0.6) is 0 Å². The van der Waals surface area contributed by atoms with Crippen LogP contribution in [0.15, 0.2) is 15.6 Å². The molecule has 2 aromatic heterocycles. The Morgan fingerprint density at radius 1 is 1.38 bits per heavy atom. The van der Waals surface area contributed by atoms with Crippen LogP contribution in [0, 0.1) is 13.8 Å². The molecular weight excluding hydrogens is 220 g/mol. The number of H-pyrrole nitrogens is 1. The molecule has 0 aromatic carbocycles. The molecule has 3 nitrogen and oxygen atoms in total. The minimum Gasteiger partial charge on any atom is -0.306 e. The van der Waals surface area contributed by atoms with E-state index in [9.17, 15) is 4.79 Å². The van der Waals surface area contributed by atoms with Crippen LogP contribution in [0.4, 0.5) is 0 Å². The lowest BCUT2D eigenvalue weighted by atomic mass is 10.1. The Morgan fingerprint density at radius 3 is 2.62 bits per heavy atom. The molecule has 84 valence electrons. The van der Waals surface area contributed by atoms with E-state index in [-0.39, 0.29) is 5.56 Å². The predicted molar refractivity (Wildman–Crippen MR) is 67.0 cm³/mol. The van der Waals surface area contributed by atoms with Gasteiger partial charge in [0.15, 0.2) is 0 Å². The van der Waals surface area contributed by atoms with E-state index in [1.165, 1.54) is 0 Å². The summed E-state index contributed by atoms with van der Waals surface area (Å²) in [4.78, 5) is 19.1. The van der Waals surface area contributed by atoms with Gasteiger partial charge >= 0.3 is 0 Å². The molecule has 1 N–H and O–H groups in total. The molecule has 0 spiro atoms. The van der Waals surface area contributed by atoms with Crippen molar-refractivity contribution in [1.29, 1.82) is 0 Å². The second-order valence-electron chi connectivity index (χ2n) is 3.80. The van der Waals surface area contributed by atoms with Crippen LogP contribution in [0.2, 0.25) is 0 Å². The van der Waals surface area contributed by atoms with Crippen LogP contribution >= 0.6 is 11.3 Å². The zero-order valence-corrected chi connectivity index (χ0v) is 10.4. The standard InChI is InChI=1S/C12H14N2OS/c1-4-9-8(3)13-11(14-12(9)15)10-6-16-5-7(10)2/h5-6H,4H2,1-3H3,(H,13,14,15). The van der Waals surface area contributed by atoms with Crippen LogP contribution < -0.4 is 5.56 Å². The Morgan fingerprint density at radius 2 is 2.12 bits per heavy atom. The van der Waals surface area contributed by atoms with E-state index in [2.05, 4.69) is 15.3 Å². The molecule has 0 saturated carbocycles. The molecule has 2 aromatic rings. The van der Waals surface area contributed by atoms with E-state index in [0.29, 0.717) is 5.82 Å². The molecule has 0 aliphatic carbocycles. The van der Waals surface area contributed by atoms with Crippen molar-refractivity contribution >= 4 is 11.3 Å². The number of aromatic amines is 1. The fourth-order valence-electron chi connectivity index (χ4n) is 1.76. The van der Waals surface area contributed by atoms with Crippen LogP contribution in [-0.4, -0.2) is 9.97 Å². The molecule has 0 aliphatic heterocycles. The van der Waals surface area contributed by atoms with Crippen LogP contribution in [0.25, 0.3) is 11.4 Å². The number of hydrogen-bond acceptors (Lipinski definition) is 3. The molecule has 0 unspecified atom stereocenters. The van der Waals surface area contributed by atoms with E-state index >= 15 is 0 Å². The summed E-state index contributed by atoms with van der Waals surface area (Å²) in [5, 5.41) is 4.07. The summed E-state index contributed by atoms with van der Waals surface area (Å²) in [6.07, 6.45) is 0.719. The molecule has 0 radical (unpaired) electrons. The predicted octanol–water partition coefficient (Wildman–Crippen LogP) is 2.68. The van der Waals surface area contributed by atoms with Gasteiger partial charge in [0.05, 0.1) is 0 Å². The van der Waals surface area contributed by atoms with Gasteiger partial charge in [-0.25, -0.2) is 4.98 Å². The van der Waals surface area contributed by atoms with Crippen molar-refractivity contribution in [3.05, 3.63) is 37.9 Å². The average Bonchev–Trinajstić information content (AvgIpc) is 2.64. The molecule has 0 atom stereocenters. The maximum Gasteiger partial charge on any atom is 0.254 e. The molecule has 0 fully saturated rings. The Hall–Kier alpha value is -1.42. The molecule has 0 saturated heterocycles. The minimum atomic E-state index is -0.0180. The van der Waals surface area contributed by atoms with E-state index in [4.69, 9.17) is 0 Å². The van der Waals surface area contributed by atoms with Gasteiger partial charge in [-0.1, -0.05) is 6.92 Å². The highest BCUT2D eigenvalue weighted by Crippen LogP contribution is 2.23. The van der Waals surface area contributed by atoms with Gasteiger partial charge in [-0.3, -0.25) is 4.79 Å². The first-order valence-electron chi connectivity index (χ1n) is 5.26. The Labute approximate surface area is 98.2 Å². The topological polar surface area (TPSA) is 45.8 Å².